The van der Waals surface area contributed by atoms with Gasteiger partial charge in [-0.25, -0.2) is 4.79 Å². The van der Waals surface area contributed by atoms with Gasteiger partial charge in [-0.15, -0.1) is 0 Å². The molecule has 19 heavy (non-hydrogen) atoms. The van der Waals surface area contributed by atoms with E-state index in [1.807, 2.05) is 0 Å². The highest BCUT2D eigenvalue weighted by Gasteiger charge is 2.30. The molecule has 0 saturated heterocycles. The number of hydrogen-bond acceptors (Lipinski definition) is 2. The fraction of sp³-hybridized carbons (Fsp3) is 0.533. The van der Waals surface area contributed by atoms with Crippen LogP contribution >= 0.6 is 0 Å². The van der Waals surface area contributed by atoms with E-state index in [2.05, 4.69) is 41.8 Å². The largest absolute Gasteiger partial charge is 0.383 e. The van der Waals surface area contributed by atoms with Crippen LogP contribution in [0.2, 0.25) is 0 Å². The van der Waals surface area contributed by atoms with Crippen molar-refractivity contribution >= 4 is 6.03 Å². The van der Waals surface area contributed by atoms with Crippen LogP contribution in [-0.4, -0.2) is 31.8 Å². The lowest BCUT2D eigenvalue weighted by Gasteiger charge is -2.35. The number of nitrogens with one attached hydrogen (secondary N) is 2. The molecule has 0 spiro atoms. The predicted octanol–water partition coefficient (Wildman–Crippen LogP) is 1.88. The predicted molar refractivity (Wildman–Crippen MR) is 75.3 cm³/mol. The van der Waals surface area contributed by atoms with E-state index < -0.39 is 0 Å². The van der Waals surface area contributed by atoms with Crippen LogP contribution in [0.4, 0.5) is 4.79 Å². The van der Waals surface area contributed by atoms with Gasteiger partial charge in [-0.1, -0.05) is 24.3 Å². The van der Waals surface area contributed by atoms with Crippen molar-refractivity contribution in [3.8, 4) is 0 Å². The first-order valence-electron chi connectivity index (χ1n) is 6.75. The lowest BCUT2D eigenvalue weighted by Crippen LogP contribution is -2.53. The second-order valence-corrected chi connectivity index (χ2v) is 5.38. The van der Waals surface area contributed by atoms with Crippen LogP contribution in [0.15, 0.2) is 24.3 Å². The summed E-state index contributed by atoms with van der Waals surface area (Å²) in [7, 11) is 1.62. The van der Waals surface area contributed by atoms with Crippen LogP contribution in [0.3, 0.4) is 0 Å². The van der Waals surface area contributed by atoms with Crippen molar-refractivity contribution in [3.05, 3.63) is 35.4 Å². The maximum atomic E-state index is 11.8. The van der Waals surface area contributed by atoms with Gasteiger partial charge in [0.25, 0.3) is 0 Å². The Morgan fingerprint density at radius 1 is 1.37 bits per heavy atom. The normalized spacial score (nSPS) is 21.6. The summed E-state index contributed by atoms with van der Waals surface area (Å²) < 4.78 is 4.91. The van der Waals surface area contributed by atoms with E-state index in [0.717, 1.165) is 19.3 Å². The first kappa shape index (κ1) is 13.9. The van der Waals surface area contributed by atoms with Gasteiger partial charge in [-0.05, 0) is 37.3 Å². The number of ether oxygens (including phenoxy) is 1. The van der Waals surface area contributed by atoms with Gasteiger partial charge in [0.2, 0.25) is 0 Å². The molecule has 2 amide bonds. The molecule has 1 aliphatic carbocycles. The molecule has 4 nitrogen and oxygen atoms in total. The van der Waals surface area contributed by atoms with Crippen LogP contribution in [-0.2, 0) is 17.6 Å². The molecule has 2 N–H and O–H groups in total. The Labute approximate surface area is 114 Å². The average molecular weight is 262 g/mol. The quantitative estimate of drug-likeness (QED) is 0.814. The fourth-order valence-electron chi connectivity index (χ4n) is 2.58. The Bertz CT molecular complexity index is 448. The smallest absolute Gasteiger partial charge is 0.315 e. The van der Waals surface area contributed by atoms with Gasteiger partial charge >= 0.3 is 6.03 Å². The molecule has 1 aliphatic rings. The molecule has 0 bridgehead atoms. The molecule has 0 saturated carbocycles. The number of hydrogen-bond donors (Lipinski definition) is 2. The highest BCUT2D eigenvalue weighted by Crippen LogP contribution is 2.28. The molecule has 2 rings (SSSR count). The number of carbonyl (C=O) groups is 1. The maximum absolute atomic E-state index is 11.8. The van der Waals surface area contributed by atoms with E-state index in [0.29, 0.717) is 13.2 Å². The Hall–Kier alpha value is -1.55. The highest BCUT2D eigenvalue weighted by molar-refractivity contribution is 5.74. The van der Waals surface area contributed by atoms with Gasteiger partial charge in [-0.2, -0.15) is 0 Å². The number of methoxy groups -OCH3 is 1. The van der Waals surface area contributed by atoms with E-state index in [-0.39, 0.29) is 11.6 Å². The van der Waals surface area contributed by atoms with Crippen LogP contribution in [0.5, 0.6) is 0 Å². The highest BCUT2D eigenvalue weighted by atomic mass is 16.5. The first-order chi connectivity index (χ1) is 9.13. The van der Waals surface area contributed by atoms with Gasteiger partial charge < -0.3 is 15.4 Å². The second kappa shape index (κ2) is 6.06. The summed E-state index contributed by atoms with van der Waals surface area (Å²) in [5.41, 5.74) is 2.58. The number of amides is 2. The van der Waals surface area contributed by atoms with Crippen molar-refractivity contribution in [3.63, 3.8) is 0 Å². The lowest BCUT2D eigenvalue weighted by molar-refractivity contribution is 0.191. The molecule has 0 aromatic heterocycles. The van der Waals surface area contributed by atoms with Crippen molar-refractivity contribution in [2.45, 2.75) is 31.7 Å². The number of fused-ring (bicyclic) bond motifs is 1. The summed E-state index contributed by atoms with van der Waals surface area (Å²) in [5.74, 6) is 0. The number of aryl methyl sites for hydroxylation is 1. The molecular formula is C15H22N2O2. The number of benzene rings is 1. The standard InChI is InChI=1S/C15H22N2O2/c1-15(17-14(18)16-9-10-19-2)8-7-12-5-3-4-6-13(12)11-15/h3-6H,7-11H2,1-2H3,(H2,16,17,18)/t15-/m0/s1. The first-order valence-corrected chi connectivity index (χ1v) is 6.75. The van der Waals surface area contributed by atoms with Gasteiger partial charge in [0.1, 0.15) is 0 Å². The van der Waals surface area contributed by atoms with Crippen LogP contribution in [0.1, 0.15) is 24.5 Å². The van der Waals surface area contributed by atoms with E-state index in [1.54, 1.807) is 7.11 Å². The zero-order valence-corrected chi connectivity index (χ0v) is 11.7. The Kier molecular flexibility index (Phi) is 4.43. The third-order valence-corrected chi connectivity index (χ3v) is 3.65. The number of urea groups is 1. The van der Waals surface area contributed by atoms with Crippen LogP contribution in [0.25, 0.3) is 0 Å². The average Bonchev–Trinajstić information content (AvgIpc) is 2.38. The third-order valence-electron chi connectivity index (χ3n) is 3.65. The Balaban J connectivity index is 1.92. The lowest BCUT2D eigenvalue weighted by atomic mass is 9.79. The van der Waals surface area contributed by atoms with E-state index in [1.165, 1.54) is 11.1 Å². The Morgan fingerprint density at radius 2 is 2.11 bits per heavy atom. The number of rotatable bonds is 4. The monoisotopic (exact) mass is 262 g/mol. The van der Waals surface area contributed by atoms with E-state index in [4.69, 9.17) is 4.74 Å². The zero-order valence-electron chi connectivity index (χ0n) is 11.7. The molecule has 4 heteroatoms. The summed E-state index contributed by atoms with van der Waals surface area (Å²) in [6.07, 6.45) is 2.88. The minimum atomic E-state index is -0.161. The summed E-state index contributed by atoms with van der Waals surface area (Å²) >= 11 is 0. The topological polar surface area (TPSA) is 50.4 Å². The summed E-state index contributed by atoms with van der Waals surface area (Å²) in [5, 5.41) is 5.89. The second-order valence-electron chi connectivity index (χ2n) is 5.38. The van der Waals surface area contributed by atoms with E-state index in [9.17, 15) is 4.79 Å². The van der Waals surface area contributed by atoms with Gasteiger partial charge in [0.15, 0.2) is 0 Å². The molecule has 0 aliphatic heterocycles. The van der Waals surface area contributed by atoms with Crippen LogP contribution < -0.4 is 10.6 Å². The molecule has 1 atom stereocenters. The van der Waals surface area contributed by atoms with Crippen LogP contribution in [0, 0.1) is 0 Å². The summed E-state index contributed by atoms with van der Waals surface area (Å²) in [6.45, 7) is 3.18. The van der Waals surface area contributed by atoms with Crippen molar-refractivity contribution < 1.29 is 9.53 Å². The maximum Gasteiger partial charge on any atom is 0.315 e. The minimum Gasteiger partial charge on any atom is -0.383 e. The third kappa shape index (κ3) is 3.70. The van der Waals surface area contributed by atoms with Crippen molar-refractivity contribution in [1.82, 2.24) is 10.6 Å². The van der Waals surface area contributed by atoms with Crippen molar-refractivity contribution in [2.24, 2.45) is 0 Å². The van der Waals surface area contributed by atoms with Crippen molar-refractivity contribution in [2.75, 3.05) is 20.3 Å². The van der Waals surface area contributed by atoms with Gasteiger partial charge in [-0.3, -0.25) is 0 Å². The SMILES string of the molecule is COCCNC(=O)N[C@@]1(C)CCc2ccccc2C1. The molecule has 0 heterocycles. The Morgan fingerprint density at radius 3 is 2.84 bits per heavy atom. The molecule has 0 unspecified atom stereocenters. The number of carbonyl (C=O) groups excluding carboxylic acids is 1. The van der Waals surface area contributed by atoms with Gasteiger partial charge in [0.05, 0.1) is 6.61 Å². The molecule has 1 aromatic rings. The molecule has 104 valence electrons. The van der Waals surface area contributed by atoms with Crippen molar-refractivity contribution in [1.29, 1.82) is 0 Å². The molecule has 0 fully saturated rings. The fourth-order valence-corrected chi connectivity index (χ4v) is 2.58. The summed E-state index contributed by atoms with van der Waals surface area (Å²) in [4.78, 5) is 11.8. The van der Waals surface area contributed by atoms with E-state index >= 15 is 0 Å². The summed E-state index contributed by atoms with van der Waals surface area (Å²) in [6, 6.07) is 8.35. The molecule has 0 radical (unpaired) electrons. The minimum absolute atomic E-state index is 0.112. The zero-order chi connectivity index (χ0) is 13.7. The van der Waals surface area contributed by atoms with Gasteiger partial charge in [0, 0.05) is 19.2 Å². The molecule has 1 aromatic carbocycles. The molecular weight excluding hydrogens is 240 g/mol.